The molecule has 2 unspecified atom stereocenters. The number of carbonyl (C=O) groups excluding carboxylic acids is 1. The summed E-state index contributed by atoms with van der Waals surface area (Å²) >= 11 is 0. The van der Waals surface area contributed by atoms with E-state index >= 15 is 0 Å². The predicted octanol–water partition coefficient (Wildman–Crippen LogP) is 1.38. The first-order chi connectivity index (χ1) is 8.08. The van der Waals surface area contributed by atoms with Gasteiger partial charge in [0, 0.05) is 6.04 Å². The van der Waals surface area contributed by atoms with Gasteiger partial charge in [-0.1, -0.05) is 6.92 Å². The maximum atomic E-state index is 12.0. The van der Waals surface area contributed by atoms with Gasteiger partial charge in [0.05, 0.1) is 6.04 Å². The van der Waals surface area contributed by atoms with Crippen molar-refractivity contribution in [2.24, 2.45) is 11.7 Å². The second-order valence-electron chi connectivity index (χ2n) is 5.21. The van der Waals surface area contributed by atoms with E-state index in [0.29, 0.717) is 5.92 Å². The topological polar surface area (TPSA) is 58.4 Å². The molecule has 18 heavy (non-hydrogen) atoms. The van der Waals surface area contributed by atoms with E-state index in [4.69, 9.17) is 5.73 Å². The number of piperidine rings is 1. The number of hydrogen-bond donors (Lipinski definition) is 2. The molecule has 0 spiro atoms. The minimum absolute atomic E-state index is 0. The highest BCUT2D eigenvalue weighted by Gasteiger charge is 2.26. The molecular formula is C13H28ClN3O. The first-order valence-corrected chi connectivity index (χ1v) is 6.83. The Kier molecular flexibility index (Phi) is 8.57. The number of rotatable bonds is 5. The van der Waals surface area contributed by atoms with Crippen LogP contribution in [0.4, 0.5) is 0 Å². The van der Waals surface area contributed by atoms with Crippen LogP contribution in [0.2, 0.25) is 0 Å². The third kappa shape index (κ3) is 5.12. The highest BCUT2D eigenvalue weighted by Crippen LogP contribution is 2.17. The third-order valence-corrected chi connectivity index (χ3v) is 3.91. The summed E-state index contributed by atoms with van der Waals surface area (Å²) < 4.78 is 0. The molecule has 0 radical (unpaired) electrons. The van der Waals surface area contributed by atoms with Gasteiger partial charge in [0.2, 0.25) is 5.91 Å². The molecular weight excluding hydrogens is 250 g/mol. The molecule has 3 N–H and O–H groups in total. The zero-order valence-corrected chi connectivity index (χ0v) is 12.6. The summed E-state index contributed by atoms with van der Waals surface area (Å²) in [5.41, 5.74) is 5.67. The Morgan fingerprint density at radius 2 is 1.94 bits per heavy atom. The summed E-state index contributed by atoms with van der Waals surface area (Å²) in [7, 11) is 0. The molecule has 2 atom stereocenters. The first kappa shape index (κ1) is 17.7. The van der Waals surface area contributed by atoms with E-state index in [1.54, 1.807) is 0 Å². The number of nitrogens with one attached hydrogen (secondary N) is 1. The van der Waals surface area contributed by atoms with Crippen molar-refractivity contribution in [3.05, 3.63) is 0 Å². The Morgan fingerprint density at radius 3 is 2.39 bits per heavy atom. The molecule has 1 aliphatic heterocycles. The Labute approximate surface area is 117 Å². The fourth-order valence-electron chi connectivity index (χ4n) is 2.21. The lowest BCUT2D eigenvalue weighted by atomic mass is 9.96. The average Bonchev–Trinajstić information content (AvgIpc) is 2.37. The third-order valence-electron chi connectivity index (χ3n) is 3.91. The molecule has 0 aromatic carbocycles. The number of amides is 1. The second kappa shape index (κ2) is 8.73. The fraction of sp³-hybridized carbons (Fsp3) is 0.923. The van der Waals surface area contributed by atoms with Gasteiger partial charge in [0.25, 0.3) is 0 Å². The van der Waals surface area contributed by atoms with E-state index in [1.807, 2.05) is 13.8 Å². The summed E-state index contributed by atoms with van der Waals surface area (Å²) in [6.07, 6.45) is 3.22. The Morgan fingerprint density at radius 1 is 1.39 bits per heavy atom. The standard InChI is InChI=1S/C13H27N3O.ClH/c1-4-10(2)15-13(17)11(3)16-7-5-12(9-14)6-8-16;/h10-12H,4-9,14H2,1-3H3,(H,15,17);1H. The van der Waals surface area contributed by atoms with Gasteiger partial charge in [-0.25, -0.2) is 0 Å². The fourth-order valence-corrected chi connectivity index (χ4v) is 2.21. The lowest BCUT2D eigenvalue weighted by molar-refractivity contribution is -0.127. The Hall–Kier alpha value is -0.320. The Balaban J connectivity index is 0.00000289. The van der Waals surface area contributed by atoms with Crippen LogP contribution < -0.4 is 11.1 Å². The van der Waals surface area contributed by atoms with E-state index in [1.165, 1.54) is 0 Å². The van der Waals surface area contributed by atoms with Gasteiger partial charge in [-0.05, 0) is 58.7 Å². The number of nitrogens with two attached hydrogens (primary N) is 1. The predicted molar refractivity (Wildman–Crippen MR) is 78.0 cm³/mol. The van der Waals surface area contributed by atoms with Crippen molar-refractivity contribution >= 4 is 18.3 Å². The van der Waals surface area contributed by atoms with E-state index in [2.05, 4.69) is 17.1 Å². The monoisotopic (exact) mass is 277 g/mol. The molecule has 1 amide bonds. The van der Waals surface area contributed by atoms with Gasteiger partial charge in [-0.2, -0.15) is 0 Å². The minimum Gasteiger partial charge on any atom is -0.352 e. The largest absolute Gasteiger partial charge is 0.352 e. The number of halogens is 1. The van der Waals surface area contributed by atoms with Crippen LogP contribution in [-0.4, -0.2) is 42.5 Å². The summed E-state index contributed by atoms with van der Waals surface area (Å²) in [4.78, 5) is 14.3. The lowest BCUT2D eigenvalue weighted by Crippen LogP contribution is -2.50. The molecule has 0 aliphatic carbocycles. The maximum absolute atomic E-state index is 12.0. The van der Waals surface area contributed by atoms with Crippen molar-refractivity contribution in [3.8, 4) is 0 Å². The van der Waals surface area contributed by atoms with Crippen molar-refractivity contribution in [2.45, 2.75) is 52.1 Å². The molecule has 0 aromatic heterocycles. The van der Waals surface area contributed by atoms with Gasteiger partial charge in [-0.15, -0.1) is 12.4 Å². The lowest BCUT2D eigenvalue weighted by Gasteiger charge is -2.35. The van der Waals surface area contributed by atoms with Crippen molar-refractivity contribution in [1.29, 1.82) is 0 Å². The van der Waals surface area contributed by atoms with Gasteiger partial charge in [0.15, 0.2) is 0 Å². The molecule has 1 aliphatic rings. The summed E-state index contributed by atoms with van der Waals surface area (Å²) in [5, 5.41) is 3.05. The van der Waals surface area contributed by atoms with E-state index < -0.39 is 0 Å². The summed E-state index contributed by atoms with van der Waals surface area (Å²) in [6.45, 7) is 8.91. The molecule has 108 valence electrons. The van der Waals surface area contributed by atoms with Gasteiger partial charge >= 0.3 is 0 Å². The first-order valence-electron chi connectivity index (χ1n) is 6.83. The normalized spacial score (nSPS) is 20.9. The van der Waals surface area contributed by atoms with Crippen molar-refractivity contribution < 1.29 is 4.79 Å². The van der Waals surface area contributed by atoms with Crippen LogP contribution in [0.3, 0.4) is 0 Å². The van der Waals surface area contributed by atoms with Crippen molar-refractivity contribution in [3.63, 3.8) is 0 Å². The quantitative estimate of drug-likeness (QED) is 0.798. The molecule has 0 saturated carbocycles. The van der Waals surface area contributed by atoms with Crippen LogP contribution in [0.5, 0.6) is 0 Å². The molecule has 1 heterocycles. The van der Waals surface area contributed by atoms with E-state index in [9.17, 15) is 4.79 Å². The van der Waals surface area contributed by atoms with E-state index in [0.717, 1.165) is 38.9 Å². The zero-order valence-electron chi connectivity index (χ0n) is 11.8. The van der Waals surface area contributed by atoms with Crippen LogP contribution >= 0.6 is 12.4 Å². The van der Waals surface area contributed by atoms with Gasteiger partial charge < -0.3 is 11.1 Å². The van der Waals surface area contributed by atoms with Gasteiger partial charge in [0.1, 0.15) is 0 Å². The van der Waals surface area contributed by atoms with Crippen molar-refractivity contribution in [1.82, 2.24) is 10.2 Å². The average molecular weight is 278 g/mol. The maximum Gasteiger partial charge on any atom is 0.237 e. The number of carbonyl (C=O) groups is 1. The van der Waals surface area contributed by atoms with Gasteiger partial charge in [-0.3, -0.25) is 9.69 Å². The Bertz CT molecular complexity index is 242. The smallest absolute Gasteiger partial charge is 0.237 e. The molecule has 1 saturated heterocycles. The molecule has 4 nitrogen and oxygen atoms in total. The molecule has 0 bridgehead atoms. The zero-order chi connectivity index (χ0) is 12.8. The summed E-state index contributed by atoms with van der Waals surface area (Å²) in [6, 6.07) is 0.259. The van der Waals surface area contributed by atoms with Crippen molar-refractivity contribution in [2.75, 3.05) is 19.6 Å². The SMILES string of the molecule is CCC(C)NC(=O)C(C)N1CCC(CN)CC1.Cl. The second-order valence-corrected chi connectivity index (χ2v) is 5.21. The van der Waals surface area contributed by atoms with Crippen LogP contribution in [-0.2, 0) is 4.79 Å². The van der Waals surface area contributed by atoms with E-state index in [-0.39, 0.29) is 30.4 Å². The summed E-state index contributed by atoms with van der Waals surface area (Å²) in [5.74, 6) is 0.807. The van der Waals surface area contributed by atoms with Crippen LogP contribution in [0.25, 0.3) is 0 Å². The van der Waals surface area contributed by atoms with Crippen LogP contribution in [0, 0.1) is 5.92 Å². The molecule has 1 fully saturated rings. The molecule has 5 heteroatoms. The highest BCUT2D eigenvalue weighted by atomic mass is 35.5. The highest BCUT2D eigenvalue weighted by molar-refractivity contribution is 5.85. The molecule has 1 rings (SSSR count). The number of likely N-dealkylation sites (tertiary alicyclic amines) is 1. The number of hydrogen-bond acceptors (Lipinski definition) is 3. The molecule has 0 aromatic rings. The van der Waals surface area contributed by atoms with Crippen LogP contribution in [0.15, 0.2) is 0 Å². The number of nitrogens with zero attached hydrogens (tertiary/aromatic N) is 1. The minimum atomic E-state index is -0.0114. The van der Waals surface area contributed by atoms with Crippen LogP contribution in [0.1, 0.15) is 40.0 Å².